The van der Waals surface area contributed by atoms with Gasteiger partial charge in [-0.2, -0.15) is 0 Å². The van der Waals surface area contributed by atoms with Gasteiger partial charge in [0.15, 0.2) is 0 Å². The van der Waals surface area contributed by atoms with Gasteiger partial charge in [0.25, 0.3) is 0 Å². The first-order valence-electron chi connectivity index (χ1n) is 6.50. The Morgan fingerprint density at radius 3 is 2.95 bits per heavy atom. The SMILES string of the molecule is Brc1cccc(CNCC2COc3ccccc32)c1. The molecule has 1 aliphatic rings. The number of para-hydroxylation sites is 1. The van der Waals surface area contributed by atoms with Crippen LogP contribution in [0.5, 0.6) is 5.75 Å². The number of hydrogen-bond acceptors (Lipinski definition) is 2. The zero-order valence-corrected chi connectivity index (χ0v) is 12.2. The van der Waals surface area contributed by atoms with Crippen LogP contribution in [-0.4, -0.2) is 13.2 Å². The summed E-state index contributed by atoms with van der Waals surface area (Å²) in [6, 6.07) is 16.7. The molecule has 2 aromatic carbocycles. The van der Waals surface area contributed by atoms with Gasteiger partial charge in [-0.1, -0.05) is 46.3 Å². The minimum atomic E-state index is 0.461. The first-order chi connectivity index (χ1) is 9.33. The zero-order chi connectivity index (χ0) is 13.1. The summed E-state index contributed by atoms with van der Waals surface area (Å²) in [6.45, 7) is 2.62. The normalized spacial score (nSPS) is 17.0. The summed E-state index contributed by atoms with van der Waals surface area (Å²) in [5, 5.41) is 3.51. The van der Waals surface area contributed by atoms with Crippen LogP contribution in [0.4, 0.5) is 0 Å². The molecule has 0 fully saturated rings. The molecule has 0 spiro atoms. The third kappa shape index (κ3) is 2.99. The van der Waals surface area contributed by atoms with E-state index in [2.05, 4.69) is 51.6 Å². The Bertz CT molecular complexity index is 570. The van der Waals surface area contributed by atoms with E-state index < -0.39 is 0 Å². The van der Waals surface area contributed by atoms with E-state index in [1.165, 1.54) is 11.1 Å². The second-order valence-corrected chi connectivity index (χ2v) is 5.72. The Morgan fingerprint density at radius 1 is 1.16 bits per heavy atom. The van der Waals surface area contributed by atoms with Crippen molar-refractivity contribution in [2.45, 2.75) is 12.5 Å². The van der Waals surface area contributed by atoms with E-state index >= 15 is 0 Å². The number of rotatable bonds is 4. The molecule has 0 amide bonds. The summed E-state index contributed by atoms with van der Waals surface area (Å²) in [5.41, 5.74) is 2.62. The highest BCUT2D eigenvalue weighted by molar-refractivity contribution is 9.10. The summed E-state index contributed by atoms with van der Waals surface area (Å²) >= 11 is 3.49. The van der Waals surface area contributed by atoms with Crippen molar-refractivity contribution in [1.82, 2.24) is 5.32 Å². The van der Waals surface area contributed by atoms with Gasteiger partial charge >= 0.3 is 0 Å². The molecule has 1 unspecified atom stereocenters. The van der Waals surface area contributed by atoms with Crippen LogP contribution in [0, 0.1) is 0 Å². The highest BCUT2D eigenvalue weighted by atomic mass is 79.9. The zero-order valence-electron chi connectivity index (χ0n) is 10.6. The molecule has 0 aliphatic carbocycles. The van der Waals surface area contributed by atoms with Crippen molar-refractivity contribution in [2.75, 3.05) is 13.2 Å². The van der Waals surface area contributed by atoms with Crippen molar-refractivity contribution in [1.29, 1.82) is 0 Å². The maximum absolute atomic E-state index is 5.69. The van der Waals surface area contributed by atoms with Crippen molar-refractivity contribution in [3.8, 4) is 5.75 Å². The lowest BCUT2D eigenvalue weighted by Crippen LogP contribution is -2.22. The second kappa shape index (κ2) is 5.76. The number of hydrogen-bond donors (Lipinski definition) is 1. The van der Waals surface area contributed by atoms with Gasteiger partial charge in [-0.15, -0.1) is 0 Å². The van der Waals surface area contributed by atoms with Gasteiger partial charge in [-0.3, -0.25) is 0 Å². The number of nitrogens with one attached hydrogen (secondary N) is 1. The quantitative estimate of drug-likeness (QED) is 0.928. The molecule has 0 saturated heterocycles. The molecule has 2 aromatic rings. The summed E-state index contributed by atoms with van der Waals surface area (Å²) in [5.74, 6) is 1.50. The summed E-state index contributed by atoms with van der Waals surface area (Å²) in [4.78, 5) is 0. The Labute approximate surface area is 121 Å². The lowest BCUT2D eigenvalue weighted by Gasteiger charge is -2.10. The molecule has 98 valence electrons. The predicted molar refractivity (Wildman–Crippen MR) is 80.5 cm³/mol. The van der Waals surface area contributed by atoms with Gasteiger partial charge in [0.2, 0.25) is 0 Å². The van der Waals surface area contributed by atoms with Gasteiger partial charge < -0.3 is 10.1 Å². The minimum absolute atomic E-state index is 0.461. The molecule has 0 aromatic heterocycles. The van der Waals surface area contributed by atoms with Crippen molar-refractivity contribution in [3.05, 3.63) is 64.1 Å². The van der Waals surface area contributed by atoms with E-state index in [9.17, 15) is 0 Å². The fourth-order valence-corrected chi connectivity index (χ4v) is 2.88. The summed E-state index contributed by atoms with van der Waals surface area (Å²) in [6.07, 6.45) is 0. The monoisotopic (exact) mass is 317 g/mol. The summed E-state index contributed by atoms with van der Waals surface area (Å²) < 4.78 is 6.81. The average Bonchev–Trinajstić information content (AvgIpc) is 2.83. The molecule has 1 atom stereocenters. The molecule has 1 aliphatic heterocycles. The Morgan fingerprint density at radius 2 is 2.05 bits per heavy atom. The topological polar surface area (TPSA) is 21.3 Å². The van der Waals surface area contributed by atoms with Crippen LogP contribution in [0.3, 0.4) is 0 Å². The molecule has 0 saturated carbocycles. The van der Waals surface area contributed by atoms with Crippen molar-refractivity contribution in [2.24, 2.45) is 0 Å². The third-order valence-electron chi connectivity index (χ3n) is 3.41. The van der Waals surface area contributed by atoms with Crippen LogP contribution in [-0.2, 0) is 6.54 Å². The van der Waals surface area contributed by atoms with Gasteiger partial charge in [0.1, 0.15) is 5.75 Å². The molecule has 1 N–H and O–H groups in total. The van der Waals surface area contributed by atoms with Crippen molar-refractivity contribution in [3.63, 3.8) is 0 Å². The first-order valence-corrected chi connectivity index (χ1v) is 7.29. The van der Waals surface area contributed by atoms with Crippen molar-refractivity contribution < 1.29 is 4.74 Å². The Hall–Kier alpha value is -1.32. The Kier molecular flexibility index (Phi) is 3.85. The third-order valence-corrected chi connectivity index (χ3v) is 3.90. The highest BCUT2D eigenvalue weighted by Gasteiger charge is 2.22. The molecule has 3 heteroatoms. The minimum Gasteiger partial charge on any atom is -0.493 e. The molecule has 1 heterocycles. The van der Waals surface area contributed by atoms with Crippen LogP contribution < -0.4 is 10.1 Å². The smallest absolute Gasteiger partial charge is 0.122 e. The molecular formula is C16H16BrNO. The van der Waals surface area contributed by atoms with Crippen LogP contribution in [0.1, 0.15) is 17.0 Å². The van der Waals surface area contributed by atoms with Crippen molar-refractivity contribution >= 4 is 15.9 Å². The lowest BCUT2D eigenvalue weighted by molar-refractivity contribution is 0.326. The molecular weight excluding hydrogens is 302 g/mol. The molecule has 2 nitrogen and oxygen atoms in total. The van der Waals surface area contributed by atoms with E-state index in [1.807, 2.05) is 18.2 Å². The number of fused-ring (bicyclic) bond motifs is 1. The molecule has 0 radical (unpaired) electrons. The van der Waals surface area contributed by atoms with E-state index in [4.69, 9.17) is 4.74 Å². The van der Waals surface area contributed by atoms with Gasteiger partial charge in [0.05, 0.1) is 6.61 Å². The lowest BCUT2D eigenvalue weighted by atomic mass is 10.0. The fourth-order valence-electron chi connectivity index (χ4n) is 2.44. The van der Waals surface area contributed by atoms with Gasteiger partial charge in [-0.05, 0) is 23.8 Å². The number of benzene rings is 2. The Balaban J connectivity index is 1.57. The average molecular weight is 318 g/mol. The summed E-state index contributed by atoms with van der Waals surface area (Å²) in [7, 11) is 0. The first kappa shape index (κ1) is 12.7. The van der Waals surface area contributed by atoms with Crippen LogP contribution in [0.25, 0.3) is 0 Å². The molecule has 3 rings (SSSR count). The second-order valence-electron chi connectivity index (χ2n) is 4.81. The number of halogens is 1. The van der Waals surface area contributed by atoms with E-state index in [0.29, 0.717) is 5.92 Å². The predicted octanol–water partition coefficient (Wildman–Crippen LogP) is 3.71. The number of ether oxygens (including phenoxy) is 1. The van der Waals surface area contributed by atoms with Crippen LogP contribution in [0.15, 0.2) is 53.0 Å². The van der Waals surface area contributed by atoms with Gasteiger partial charge in [-0.25, -0.2) is 0 Å². The maximum Gasteiger partial charge on any atom is 0.122 e. The fraction of sp³-hybridized carbons (Fsp3) is 0.250. The largest absolute Gasteiger partial charge is 0.493 e. The van der Waals surface area contributed by atoms with E-state index in [0.717, 1.165) is 29.9 Å². The van der Waals surface area contributed by atoms with E-state index in [-0.39, 0.29) is 0 Å². The molecule has 19 heavy (non-hydrogen) atoms. The highest BCUT2D eigenvalue weighted by Crippen LogP contribution is 2.32. The molecule has 0 bridgehead atoms. The standard InChI is InChI=1S/C16H16BrNO/c17-14-5-3-4-12(8-14)9-18-10-13-11-19-16-7-2-1-6-15(13)16/h1-8,13,18H,9-11H2. The van der Waals surface area contributed by atoms with Gasteiger partial charge in [0, 0.05) is 29.0 Å². The van der Waals surface area contributed by atoms with Crippen LogP contribution in [0.2, 0.25) is 0 Å². The van der Waals surface area contributed by atoms with E-state index in [1.54, 1.807) is 0 Å². The maximum atomic E-state index is 5.69. The van der Waals surface area contributed by atoms with Crippen LogP contribution >= 0.6 is 15.9 Å².